The molecule has 1 fully saturated rings. The van der Waals surface area contributed by atoms with Gasteiger partial charge in [-0.25, -0.2) is 0 Å². The lowest BCUT2D eigenvalue weighted by atomic mass is 9.72. The minimum absolute atomic E-state index is 0.0385. The van der Waals surface area contributed by atoms with Crippen LogP contribution in [0.3, 0.4) is 0 Å². The van der Waals surface area contributed by atoms with Gasteiger partial charge < -0.3 is 4.74 Å². The smallest absolute Gasteiger partial charge is 0.303 e. The van der Waals surface area contributed by atoms with Crippen LogP contribution in [0.1, 0.15) is 80.1 Å². The molecule has 134 valence electrons. The number of allylic oxidation sites excluding steroid dienone is 5. The molecule has 0 aliphatic heterocycles. The fraction of sp³-hybridized carbons (Fsp3) is 0.682. The molecule has 0 amide bonds. The van der Waals surface area contributed by atoms with Gasteiger partial charge in [0.2, 0.25) is 0 Å². The van der Waals surface area contributed by atoms with Crippen molar-refractivity contribution < 1.29 is 9.53 Å². The van der Waals surface area contributed by atoms with Crippen LogP contribution in [0.5, 0.6) is 0 Å². The van der Waals surface area contributed by atoms with Gasteiger partial charge in [0, 0.05) is 6.92 Å². The summed E-state index contributed by atoms with van der Waals surface area (Å²) in [6.45, 7) is 12.8. The summed E-state index contributed by atoms with van der Waals surface area (Å²) < 4.78 is 5.73. The van der Waals surface area contributed by atoms with Gasteiger partial charge in [-0.15, -0.1) is 0 Å². The van der Waals surface area contributed by atoms with E-state index in [0.29, 0.717) is 5.92 Å². The van der Waals surface area contributed by atoms with E-state index in [1.54, 1.807) is 0 Å². The van der Waals surface area contributed by atoms with Gasteiger partial charge in [0.25, 0.3) is 0 Å². The number of ether oxygens (including phenoxy) is 1. The van der Waals surface area contributed by atoms with Gasteiger partial charge in [-0.1, -0.05) is 35.8 Å². The second-order valence-electron chi connectivity index (χ2n) is 8.35. The number of rotatable bonds is 1. The number of hydrogen-bond donors (Lipinski definition) is 0. The van der Waals surface area contributed by atoms with Crippen LogP contribution in [0.2, 0.25) is 0 Å². The second-order valence-corrected chi connectivity index (χ2v) is 8.35. The highest BCUT2D eigenvalue weighted by atomic mass is 16.5. The molecule has 0 aromatic carbocycles. The zero-order valence-electron chi connectivity index (χ0n) is 16.4. The van der Waals surface area contributed by atoms with E-state index in [4.69, 9.17) is 4.74 Å². The molecule has 2 nitrogen and oxygen atoms in total. The maximum Gasteiger partial charge on any atom is 0.303 e. The van der Waals surface area contributed by atoms with Gasteiger partial charge in [0.1, 0.15) is 6.10 Å². The van der Waals surface area contributed by atoms with Gasteiger partial charge in [-0.3, -0.25) is 4.79 Å². The van der Waals surface area contributed by atoms with E-state index in [0.717, 1.165) is 38.5 Å². The molecule has 2 aliphatic carbocycles. The highest BCUT2D eigenvalue weighted by Crippen LogP contribution is 2.53. The van der Waals surface area contributed by atoms with Crippen molar-refractivity contribution >= 4 is 5.97 Å². The Morgan fingerprint density at radius 2 is 1.79 bits per heavy atom. The lowest BCUT2D eigenvalue weighted by Gasteiger charge is -2.31. The molecule has 0 heterocycles. The Bertz CT molecular complexity index is 575. The fourth-order valence-corrected chi connectivity index (χ4v) is 4.51. The van der Waals surface area contributed by atoms with Crippen LogP contribution in [0, 0.1) is 11.3 Å². The molecule has 0 bridgehead atoms. The Morgan fingerprint density at radius 3 is 2.42 bits per heavy atom. The maximum atomic E-state index is 11.6. The summed E-state index contributed by atoms with van der Waals surface area (Å²) in [5.41, 5.74) is 5.86. The first-order chi connectivity index (χ1) is 11.2. The molecule has 0 aromatic heterocycles. The molecular weight excluding hydrogens is 296 g/mol. The van der Waals surface area contributed by atoms with Crippen molar-refractivity contribution in [3.8, 4) is 0 Å². The third-order valence-electron chi connectivity index (χ3n) is 5.88. The Kier molecular flexibility index (Phi) is 6.11. The van der Waals surface area contributed by atoms with Crippen molar-refractivity contribution in [3.63, 3.8) is 0 Å². The SMILES string of the molecule is CC(=O)O[C@@H]1C[C@@]2(C)C/C=C(\C)CC/C=C(\C)CC[C@@H]2C1=C(C)C. The average molecular weight is 331 g/mol. The minimum atomic E-state index is -0.161. The van der Waals surface area contributed by atoms with E-state index in [9.17, 15) is 4.79 Å². The Morgan fingerprint density at radius 1 is 1.12 bits per heavy atom. The number of carbonyl (C=O) groups excluding carboxylic acids is 1. The summed E-state index contributed by atoms with van der Waals surface area (Å²) in [6, 6.07) is 0. The normalized spacial score (nSPS) is 35.8. The maximum absolute atomic E-state index is 11.6. The molecule has 0 spiro atoms. The largest absolute Gasteiger partial charge is 0.458 e. The lowest BCUT2D eigenvalue weighted by Crippen LogP contribution is -2.22. The van der Waals surface area contributed by atoms with Crippen LogP contribution in [0.25, 0.3) is 0 Å². The summed E-state index contributed by atoms with van der Waals surface area (Å²) in [5.74, 6) is 0.336. The van der Waals surface area contributed by atoms with Crippen LogP contribution in [-0.4, -0.2) is 12.1 Å². The standard InChI is InChI=1S/C22H34O2/c1-15(2)21-19-11-10-16(3)8-7-9-17(4)12-13-22(19,6)14-20(21)24-18(5)23/h8,12,19-20H,7,9-11,13-14H2,1-6H3/b16-8+,17-12+/t19-,20-,22-/m1/s1. The summed E-state index contributed by atoms with van der Waals surface area (Å²) in [4.78, 5) is 11.6. The first-order valence-corrected chi connectivity index (χ1v) is 9.38. The van der Waals surface area contributed by atoms with Crippen molar-refractivity contribution in [1.29, 1.82) is 0 Å². The number of esters is 1. The molecule has 3 atom stereocenters. The van der Waals surface area contributed by atoms with Gasteiger partial charge >= 0.3 is 5.97 Å². The van der Waals surface area contributed by atoms with Gasteiger partial charge in [0.05, 0.1) is 0 Å². The molecule has 24 heavy (non-hydrogen) atoms. The zero-order chi connectivity index (χ0) is 17.9. The van der Waals surface area contributed by atoms with Crippen LogP contribution < -0.4 is 0 Å². The molecule has 0 saturated heterocycles. The molecule has 0 aromatic rings. The van der Waals surface area contributed by atoms with Crippen molar-refractivity contribution in [2.45, 2.75) is 86.2 Å². The lowest BCUT2D eigenvalue weighted by molar-refractivity contribution is -0.144. The predicted octanol–water partition coefficient (Wildman–Crippen LogP) is 6.14. The van der Waals surface area contributed by atoms with Crippen molar-refractivity contribution in [2.75, 3.05) is 0 Å². The second kappa shape index (κ2) is 7.72. The third-order valence-corrected chi connectivity index (χ3v) is 5.88. The first-order valence-electron chi connectivity index (χ1n) is 9.38. The van der Waals surface area contributed by atoms with Crippen molar-refractivity contribution in [1.82, 2.24) is 0 Å². The first kappa shape index (κ1) is 19.0. The molecule has 2 heteroatoms. The Labute approximate surface area is 148 Å². The molecule has 1 saturated carbocycles. The third kappa shape index (κ3) is 4.40. The molecule has 0 radical (unpaired) electrons. The van der Waals surface area contributed by atoms with Gasteiger partial charge in [0.15, 0.2) is 0 Å². The highest BCUT2D eigenvalue weighted by Gasteiger charge is 2.48. The fourth-order valence-electron chi connectivity index (χ4n) is 4.51. The van der Waals surface area contributed by atoms with Crippen LogP contribution in [0.15, 0.2) is 34.4 Å². The number of fused-ring (bicyclic) bond motifs is 1. The summed E-state index contributed by atoms with van der Waals surface area (Å²) in [7, 11) is 0. The van der Waals surface area contributed by atoms with Crippen LogP contribution in [-0.2, 0) is 9.53 Å². The van der Waals surface area contributed by atoms with Crippen LogP contribution >= 0.6 is 0 Å². The Balaban J connectivity index is 2.41. The van der Waals surface area contributed by atoms with E-state index >= 15 is 0 Å². The van der Waals surface area contributed by atoms with E-state index in [-0.39, 0.29) is 17.5 Å². The summed E-state index contributed by atoms with van der Waals surface area (Å²) in [5, 5.41) is 0. The number of carbonyl (C=O) groups is 1. The average Bonchev–Trinajstić information content (AvgIpc) is 2.73. The quantitative estimate of drug-likeness (QED) is 0.426. The minimum Gasteiger partial charge on any atom is -0.458 e. The molecule has 0 unspecified atom stereocenters. The molecule has 2 aliphatic rings. The predicted molar refractivity (Wildman–Crippen MR) is 101 cm³/mol. The monoisotopic (exact) mass is 330 g/mol. The topological polar surface area (TPSA) is 26.3 Å². The molecule has 2 rings (SSSR count). The van der Waals surface area contributed by atoms with E-state index in [2.05, 4.69) is 46.8 Å². The van der Waals surface area contributed by atoms with Crippen LogP contribution in [0.4, 0.5) is 0 Å². The van der Waals surface area contributed by atoms with Crippen molar-refractivity contribution in [3.05, 3.63) is 34.4 Å². The molecule has 0 N–H and O–H groups in total. The van der Waals surface area contributed by atoms with Gasteiger partial charge in [-0.05, 0) is 83.1 Å². The van der Waals surface area contributed by atoms with Crippen molar-refractivity contribution in [2.24, 2.45) is 11.3 Å². The summed E-state index contributed by atoms with van der Waals surface area (Å²) in [6.07, 6.45) is 11.4. The summed E-state index contributed by atoms with van der Waals surface area (Å²) >= 11 is 0. The zero-order valence-corrected chi connectivity index (χ0v) is 16.4. The highest BCUT2D eigenvalue weighted by molar-refractivity contribution is 5.66. The molecular formula is C22H34O2. The van der Waals surface area contributed by atoms with E-state index in [1.807, 2.05) is 0 Å². The number of hydrogen-bond acceptors (Lipinski definition) is 2. The van der Waals surface area contributed by atoms with Gasteiger partial charge in [-0.2, -0.15) is 0 Å². The Hall–Kier alpha value is -1.31. The van der Waals surface area contributed by atoms with E-state index < -0.39 is 0 Å². The van der Waals surface area contributed by atoms with E-state index in [1.165, 1.54) is 29.2 Å².